The molecule has 2 aromatic carbocycles. The van der Waals surface area contributed by atoms with Crippen molar-refractivity contribution in [2.45, 2.75) is 30.8 Å². The van der Waals surface area contributed by atoms with Gasteiger partial charge in [-0.05, 0) is 30.5 Å². The molecule has 2 aromatic heterocycles. The van der Waals surface area contributed by atoms with E-state index in [0.29, 0.717) is 23.7 Å². The van der Waals surface area contributed by atoms with Gasteiger partial charge in [-0.2, -0.15) is 5.10 Å². The Balaban J connectivity index is 1.45. The molecule has 1 amide bonds. The molecule has 180 valence electrons. The Labute approximate surface area is 213 Å². The number of amides is 1. The lowest BCUT2D eigenvalue weighted by atomic mass is 9.99. The second-order valence-corrected chi connectivity index (χ2v) is 10.1. The molecule has 0 spiro atoms. The van der Waals surface area contributed by atoms with Gasteiger partial charge in [0.05, 0.1) is 36.6 Å². The molecule has 5 rings (SSSR count). The van der Waals surface area contributed by atoms with E-state index in [1.54, 1.807) is 42.3 Å². The lowest BCUT2D eigenvalue weighted by Crippen LogP contribution is -2.28. The number of benzene rings is 2. The van der Waals surface area contributed by atoms with E-state index in [-0.39, 0.29) is 11.9 Å². The molecule has 0 N–H and O–H groups in total. The van der Waals surface area contributed by atoms with Crippen LogP contribution in [0.5, 0.6) is 11.5 Å². The van der Waals surface area contributed by atoms with Crippen molar-refractivity contribution in [1.82, 2.24) is 9.58 Å². The first-order valence-electron chi connectivity index (χ1n) is 11.5. The third-order valence-electron chi connectivity index (χ3n) is 6.21. The molecule has 0 radical (unpaired) electrons. The smallest absolute Gasteiger partial charge is 0.253 e. The summed E-state index contributed by atoms with van der Waals surface area (Å²) in [6.45, 7) is 3.01. The Bertz CT molecular complexity index is 1380. The van der Waals surface area contributed by atoms with Crippen molar-refractivity contribution >= 4 is 45.6 Å². The SMILES string of the molecule is CCn1cc(SCC(=O)N2N=C(c3cccs3)CC2c2cccc(OC)c2OC)c2ccccc21. The number of nitrogens with zero attached hydrogens (tertiary/aromatic N) is 3. The third kappa shape index (κ3) is 4.44. The van der Waals surface area contributed by atoms with E-state index < -0.39 is 0 Å². The van der Waals surface area contributed by atoms with Crippen LogP contribution in [0.15, 0.2) is 76.2 Å². The molecule has 0 saturated heterocycles. The molecule has 1 atom stereocenters. The number of rotatable bonds is 8. The van der Waals surface area contributed by atoms with Gasteiger partial charge in [-0.1, -0.05) is 36.4 Å². The lowest BCUT2D eigenvalue weighted by molar-refractivity contribution is -0.130. The molecule has 3 heterocycles. The summed E-state index contributed by atoms with van der Waals surface area (Å²) in [7, 11) is 3.25. The highest BCUT2D eigenvalue weighted by Gasteiger charge is 2.35. The van der Waals surface area contributed by atoms with Crippen LogP contribution < -0.4 is 9.47 Å². The molecule has 0 saturated carbocycles. The van der Waals surface area contributed by atoms with Crippen LogP contribution in [-0.2, 0) is 11.3 Å². The third-order valence-corrected chi connectivity index (χ3v) is 8.15. The fourth-order valence-electron chi connectivity index (χ4n) is 4.54. The summed E-state index contributed by atoms with van der Waals surface area (Å²) in [4.78, 5) is 15.8. The minimum atomic E-state index is -0.262. The molecule has 4 aromatic rings. The molecule has 0 bridgehead atoms. The van der Waals surface area contributed by atoms with E-state index in [1.165, 1.54) is 10.9 Å². The van der Waals surface area contributed by atoms with Crippen molar-refractivity contribution in [1.29, 1.82) is 0 Å². The Morgan fingerprint density at radius 2 is 1.97 bits per heavy atom. The minimum absolute atomic E-state index is 0.0373. The topological polar surface area (TPSA) is 56.1 Å². The summed E-state index contributed by atoms with van der Waals surface area (Å²) in [6.07, 6.45) is 2.76. The average Bonchev–Trinajstić information content (AvgIpc) is 3.65. The Hall–Kier alpha value is -3.23. The summed E-state index contributed by atoms with van der Waals surface area (Å²) in [6, 6.07) is 17.9. The highest BCUT2D eigenvalue weighted by Crippen LogP contribution is 2.42. The molecule has 1 aliphatic rings. The summed E-state index contributed by atoms with van der Waals surface area (Å²) >= 11 is 3.19. The predicted molar refractivity (Wildman–Crippen MR) is 143 cm³/mol. The van der Waals surface area contributed by atoms with Crippen LogP contribution in [0, 0.1) is 0 Å². The quantitative estimate of drug-likeness (QED) is 0.267. The van der Waals surface area contributed by atoms with E-state index in [4.69, 9.17) is 14.6 Å². The first kappa shape index (κ1) is 23.5. The first-order valence-corrected chi connectivity index (χ1v) is 13.4. The minimum Gasteiger partial charge on any atom is -0.493 e. The van der Waals surface area contributed by atoms with E-state index in [2.05, 4.69) is 29.8 Å². The van der Waals surface area contributed by atoms with E-state index in [1.807, 2.05) is 47.8 Å². The van der Waals surface area contributed by atoms with Gasteiger partial charge in [-0.25, -0.2) is 5.01 Å². The molecule has 35 heavy (non-hydrogen) atoms. The Kier molecular flexibility index (Phi) is 6.83. The fraction of sp³-hybridized carbons (Fsp3) is 0.259. The molecule has 0 aliphatic carbocycles. The number of aromatic nitrogens is 1. The molecule has 0 fully saturated rings. The zero-order valence-electron chi connectivity index (χ0n) is 19.9. The van der Waals surface area contributed by atoms with Crippen LogP contribution >= 0.6 is 23.1 Å². The number of aryl methyl sites for hydroxylation is 1. The van der Waals surface area contributed by atoms with Gasteiger partial charge in [-0.3, -0.25) is 4.79 Å². The number of ether oxygens (including phenoxy) is 2. The maximum atomic E-state index is 13.6. The lowest BCUT2D eigenvalue weighted by Gasteiger charge is -2.24. The number of carbonyl (C=O) groups is 1. The highest BCUT2D eigenvalue weighted by atomic mass is 32.2. The Morgan fingerprint density at radius 3 is 2.71 bits per heavy atom. The van der Waals surface area contributed by atoms with E-state index in [0.717, 1.165) is 27.6 Å². The monoisotopic (exact) mass is 505 g/mol. The second-order valence-electron chi connectivity index (χ2n) is 8.15. The number of hydrazone groups is 1. The van der Waals surface area contributed by atoms with Crippen LogP contribution in [-0.4, -0.2) is 41.2 Å². The van der Waals surface area contributed by atoms with Crippen LogP contribution in [0.4, 0.5) is 0 Å². The summed E-state index contributed by atoms with van der Waals surface area (Å²) in [5, 5.41) is 9.65. The molecular formula is C27H27N3O3S2. The highest BCUT2D eigenvalue weighted by molar-refractivity contribution is 8.00. The predicted octanol–water partition coefficient (Wildman–Crippen LogP) is 6.21. The number of fused-ring (bicyclic) bond motifs is 1. The van der Waals surface area contributed by atoms with Crippen molar-refractivity contribution in [3.8, 4) is 11.5 Å². The summed E-state index contributed by atoms with van der Waals surface area (Å²) in [5.74, 6) is 1.54. The number of thioether (sulfide) groups is 1. The number of hydrogen-bond donors (Lipinski definition) is 0. The van der Waals surface area contributed by atoms with Crippen LogP contribution in [0.3, 0.4) is 0 Å². The summed E-state index contributed by atoms with van der Waals surface area (Å²) < 4.78 is 13.4. The van der Waals surface area contributed by atoms with Gasteiger partial charge in [0.1, 0.15) is 0 Å². The zero-order chi connectivity index (χ0) is 24.4. The van der Waals surface area contributed by atoms with Crippen LogP contribution in [0.1, 0.15) is 29.8 Å². The molecule has 1 unspecified atom stereocenters. The number of thiophene rings is 1. The van der Waals surface area contributed by atoms with Gasteiger partial charge in [0, 0.05) is 40.5 Å². The van der Waals surface area contributed by atoms with Gasteiger partial charge in [0.25, 0.3) is 5.91 Å². The molecule has 1 aliphatic heterocycles. The van der Waals surface area contributed by atoms with Gasteiger partial charge >= 0.3 is 0 Å². The molecular weight excluding hydrogens is 478 g/mol. The molecule has 6 nitrogen and oxygen atoms in total. The zero-order valence-corrected chi connectivity index (χ0v) is 21.6. The van der Waals surface area contributed by atoms with Gasteiger partial charge in [-0.15, -0.1) is 23.1 Å². The largest absolute Gasteiger partial charge is 0.493 e. The van der Waals surface area contributed by atoms with Crippen LogP contribution in [0.2, 0.25) is 0 Å². The number of methoxy groups -OCH3 is 2. The maximum Gasteiger partial charge on any atom is 0.253 e. The van der Waals surface area contributed by atoms with Gasteiger partial charge < -0.3 is 14.0 Å². The van der Waals surface area contributed by atoms with Crippen molar-refractivity contribution in [3.05, 3.63) is 76.6 Å². The standard InChI is InChI=1S/C27H27N3O3S2/c1-4-29-16-25(18-9-5-6-11-21(18)29)35-17-26(31)30-22(15-20(28-30)24-13-8-14-34-24)19-10-7-12-23(32-2)27(19)33-3/h5-14,16,22H,4,15,17H2,1-3H3. The second kappa shape index (κ2) is 10.2. The maximum absolute atomic E-state index is 13.6. The number of carbonyl (C=O) groups excluding carboxylic acids is 1. The van der Waals surface area contributed by atoms with Crippen molar-refractivity contribution < 1.29 is 14.3 Å². The fourth-order valence-corrected chi connectivity index (χ4v) is 6.21. The van der Waals surface area contributed by atoms with Crippen LogP contribution in [0.25, 0.3) is 10.9 Å². The summed E-state index contributed by atoms with van der Waals surface area (Å²) in [5.41, 5.74) is 2.99. The number of hydrogen-bond acceptors (Lipinski definition) is 6. The Morgan fingerprint density at radius 1 is 1.11 bits per heavy atom. The van der Waals surface area contributed by atoms with Crippen molar-refractivity contribution in [2.75, 3.05) is 20.0 Å². The van der Waals surface area contributed by atoms with Crippen molar-refractivity contribution in [3.63, 3.8) is 0 Å². The van der Waals surface area contributed by atoms with Gasteiger partial charge in [0.15, 0.2) is 11.5 Å². The average molecular weight is 506 g/mol. The van der Waals surface area contributed by atoms with Crippen molar-refractivity contribution in [2.24, 2.45) is 5.10 Å². The van der Waals surface area contributed by atoms with E-state index >= 15 is 0 Å². The normalized spacial score (nSPS) is 15.5. The van der Waals surface area contributed by atoms with E-state index in [9.17, 15) is 4.79 Å². The number of para-hydroxylation sites is 2. The first-order chi connectivity index (χ1) is 17.1. The van der Waals surface area contributed by atoms with Gasteiger partial charge in [0.2, 0.25) is 0 Å². The molecule has 8 heteroatoms.